The minimum Gasteiger partial charge on any atom is -0.318 e. The Kier molecular flexibility index (Phi) is 6.21. The third-order valence-corrected chi connectivity index (χ3v) is 2.97. The van der Waals surface area contributed by atoms with Crippen molar-refractivity contribution in [1.82, 2.24) is 5.43 Å². The number of amides is 2. The molecule has 0 atom stereocenters. The lowest BCUT2D eigenvalue weighted by Crippen LogP contribution is -2.32. The molecule has 0 aliphatic rings. The van der Waals surface area contributed by atoms with Crippen LogP contribution in [-0.2, 0) is 9.59 Å². The summed E-state index contributed by atoms with van der Waals surface area (Å²) in [5, 5.41) is 6.37. The highest BCUT2D eigenvalue weighted by Crippen LogP contribution is 2.13. The number of rotatable bonds is 4. The highest BCUT2D eigenvalue weighted by Gasteiger charge is 2.12. The molecule has 0 spiro atoms. The number of benzene rings is 1. The molecule has 0 unspecified atom stereocenters. The number of anilines is 1. The molecule has 5 nitrogen and oxygen atoms in total. The molecule has 2 amide bonds. The minimum absolute atomic E-state index is 0.554. The van der Waals surface area contributed by atoms with Gasteiger partial charge in [-0.25, -0.2) is 5.43 Å². The van der Waals surface area contributed by atoms with Gasteiger partial charge in [0.15, 0.2) is 0 Å². The van der Waals surface area contributed by atoms with E-state index < -0.39 is 11.8 Å². The van der Waals surface area contributed by atoms with Crippen LogP contribution in [0, 0.1) is 0 Å². The highest BCUT2D eigenvalue weighted by atomic mass is 79.9. The summed E-state index contributed by atoms with van der Waals surface area (Å²) in [4.78, 5) is 23.1. The maximum atomic E-state index is 11.6. The van der Waals surface area contributed by atoms with Gasteiger partial charge in [0.05, 0.1) is 0 Å². The van der Waals surface area contributed by atoms with Gasteiger partial charge in [-0.2, -0.15) is 5.10 Å². The predicted octanol–water partition coefficient (Wildman–Crippen LogP) is 2.68. The molecule has 0 aliphatic heterocycles. The first-order valence-corrected chi connectivity index (χ1v) is 6.78. The van der Waals surface area contributed by atoms with E-state index in [1.54, 1.807) is 24.3 Å². The zero-order valence-corrected chi connectivity index (χ0v) is 12.5. The Balaban J connectivity index is 2.56. The van der Waals surface area contributed by atoms with Crippen LogP contribution in [0.4, 0.5) is 5.69 Å². The van der Waals surface area contributed by atoms with E-state index in [0.717, 1.165) is 23.0 Å². The average Bonchev–Trinajstić information content (AvgIpc) is 2.42. The van der Waals surface area contributed by atoms with E-state index in [9.17, 15) is 9.59 Å². The van der Waals surface area contributed by atoms with E-state index in [1.165, 1.54) is 0 Å². The molecular weight excluding hydrogens is 310 g/mol. The molecular formula is C13H16BrN3O2. The molecule has 102 valence electrons. The standard InChI is InChI=1S/C13H16BrN3O2/c1-3-10(4-2)16-17-13(19)12(18)15-11-7-5-9(14)6-8-11/h5-8H,3-4H2,1-2H3,(H,15,18)(H,17,19). The lowest BCUT2D eigenvalue weighted by atomic mass is 10.2. The van der Waals surface area contributed by atoms with E-state index >= 15 is 0 Å². The summed E-state index contributed by atoms with van der Waals surface area (Å²) >= 11 is 3.29. The number of hydrogen-bond donors (Lipinski definition) is 2. The second-order valence-electron chi connectivity index (χ2n) is 3.79. The molecule has 6 heteroatoms. The second-order valence-corrected chi connectivity index (χ2v) is 4.70. The summed E-state index contributed by atoms with van der Waals surface area (Å²) in [5.41, 5.74) is 3.64. The van der Waals surface area contributed by atoms with Gasteiger partial charge < -0.3 is 5.32 Å². The zero-order chi connectivity index (χ0) is 14.3. The van der Waals surface area contributed by atoms with Crippen LogP contribution in [0.25, 0.3) is 0 Å². The summed E-state index contributed by atoms with van der Waals surface area (Å²) in [7, 11) is 0. The minimum atomic E-state index is -0.776. The van der Waals surface area contributed by atoms with Crippen molar-refractivity contribution in [3.8, 4) is 0 Å². The molecule has 0 bridgehead atoms. The number of carbonyl (C=O) groups is 2. The summed E-state index contributed by atoms with van der Waals surface area (Å²) in [6, 6.07) is 6.94. The number of hydrazone groups is 1. The van der Waals surface area contributed by atoms with Gasteiger partial charge in [0, 0.05) is 15.9 Å². The first-order valence-electron chi connectivity index (χ1n) is 5.99. The fraction of sp³-hybridized carbons (Fsp3) is 0.308. The van der Waals surface area contributed by atoms with Gasteiger partial charge >= 0.3 is 11.8 Å². The molecule has 0 fully saturated rings. The Hall–Kier alpha value is -1.69. The van der Waals surface area contributed by atoms with Crippen LogP contribution in [-0.4, -0.2) is 17.5 Å². The number of halogens is 1. The summed E-state index contributed by atoms with van der Waals surface area (Å²) < 4.78 is 0.898. The Morgan fingerprint density at radius 1 is 1.11 bits per heavy atom. The normalized spacial score (nSPS) is 9.63. The maximum absolute atomic E-state index is 11.6. The monoisotopic (exact) mass is 325 g/mol. The maximum Gasteiger partial charge on any atom is 0.329 e. The first-order chi connectivity index (χ1) is 9.06. The van der Waals surface area contributed by atoms with Crippen LogP contribution in [0.15, 0.2) is 33.8 Å². The lowest BCUT2D eigenvalue weighted by Gasteiger charge is -2.05. The van der Waals surface area contributed by atoms with Gasteiger partial charge in [0.1, 0.15) is 0 Å². The van der Waals surface area contributed by atoms with Gasteiger partial charge in [-0.15, -0.1) is 0 Å². The Morgan fingerprint density at radius 2 is 1.68 bits per heavy atom. The predicted molar refractivity (Wildman–Crippen MR) is 78.9 cm³/mol. The first kappa shape index (κ1) is 15.4. The molecule has 0 heterocycles. The Bertz CT molecular complexity index is 477. The van der Waals surface area contributed by atoms with Crippen molar-refractivity contribution >= 4 is 39.1 Å². The van der Waals surface area contributed by atoms with Crippen molar-refractivity contribution in [3.63, 3.8) is 0 Å². The molecule has 19 heavy (non-hydrogen) atoms. The van der Waals surface area contributed by atoms with Crippen molar-refractivity contribution in [2.45, 2.75) is 26.7 Å². The quantitative estimate of drug-likeness (QED) is 0.507. The van der Waals surface area contributed by atoms with Gasteiger partial charge in [-0.1, -0.05) is 29.8 Å². The van der Waals surface area contributed by atoms with E-state index in [1.807, 2.05) is 13.8 Å². The largest absolute Gasteiger partial charge is 0.329 e. The zero-order valence-electron chi connectivity index (χ0n) is 10.9. The molecule has 2 N–H and O–H groups in total. The van der Waals surface area contributed by atoms with Gasteiger partial charge in [0.2, 0.25) is 0 Å². The van der Waals surface area contributed by atoms with E-state index in [-0.39, 0.29) is 0 Å². The van der Waals surface area contributed by atoms with Crippen molar-refractivity contribution in [3.05, 3.63) is 28.7 Å². The van der Waals surface area contributed by atoms with E-state index in [2.05, 4.69) is 31.8 Å². The average molecular weight is 326 g/mol. The van der Waals surface area contributed by atoms with Crippen LogP contribution in [0.3, 0.4) is 0 Å². The van der Waals surface area contributed by atoms with Gasteiger partial charge in [-0.05, 0) is 37.1 Å². The summed E-state index contributed by atoms with van der Waals surface area (Å²) in [5.74, 6) is -1.51. The SMILES string of the molecule is CCC(CC)=NNC(=O)C(=O)Nc1ccc(Br)cc1. The molecule has 0 aromatic heterocycles. The molecule has 1 rings (SSSR count). The third-order valence-electron chi connectivity index (χ3n) is 2.44. The van der Waals surface area contributed by atoms with Gasteiger partial charge in [0.25, 0.3) is 0 Å². The third kappa shape index (κ3) is 5.21. The highest BCUT2D eigenvalue weighted by molar-refractivity contribution is 9.10. The lowest BCUT2D eigenvalue weighted by molar-refractivity contribution is -0.136. The molecule has 0 radical (unpaired) electrons. The fourth-order valence-corrected chi connectivity index (χ4v) is 1.57. The van der Waals surface area contributed by atoms with Crippen molar-refractivity contribution < 1.29 is 9.59 Å². The second kappa shape index (κ2) is 7.68. The molecule has 0 aliphatic carbocycles. The van der Waals surface area contributed by atoms with E-state index in [4.69, 9.17) is 0 Å². The Morgan fingerprint density at radius 3 is 2.21 bits per heavy atom. The summed E-state index contributed by atoms with van der Waals surface area (Å²) in [6.45, 7) is 3.88. The van der Waals surface area contributed by atoms with E-state index in [0.29, 0.717) is 5.69 Å². The number of carbonyl (C=O) groups excluding carboxylic acids is 2. The molecule has 0 saturated heterocycles. The van der Waals surface area contributed by atoms with Crippen molar-refractivity contribution in [1.29, 1.82) is 0 Å². The molecule has 1 aromatic carbocycles. The fourth-order valence-electron chi connectivity index (χ4n) is 1.31. The Labute approximate surface area is 120 Å². The van der Waals surface area contributed by atoms with Crippen LogP contribution < -0.4 is 10.7 Å². The summed E-state index contributed by atoms with van der Waals surface area (Å²) in [6.07, 6.45) is 1.48. The number of nitrogens with zero attached hydrogens (tertiary/aromatic N) is 1. The number of hydrogen-bond acceptors (Lipinski definition) is 3. The van der Waals surface area contributed by atoms with Crippen LogP contribution >= 0.6 is 15.9 Å². The molecule has 0 saturated carbocycles. The van der Waals surface area contributed by atoms with Crippen LogP contribution in [0.5, 0.6) is 0 Å². The smallest absolute Gasteiger partial charge is 0.318 e. The van der Waals surface area contributed by atoms with Gasteiger partial charge in [-0.3, -0.25) is 9.59 Å². The molecule has 1 aromatic rings. The van der Waals surface area contributed by atoms with Crippen molar-refractivity contribution in [2.24, 2.45) is 5.10 Å². The number of nitrogens with one attached hydrogen (secondary N) is 2. The van der Waals surface area contributed by atoms with Crippen molar-refractivity contribution in [2.75, 3.05) is 5.32 Å². The topological polar surface area (TPSA) is 70.6 Å². The van der Waals surface area contributed by atoms with Crippen LogP contribution in [0.2, 0.25) is 0 Å². The van der Waals surface area contributed by atoms with Crippen LogP contribution in [0.1, 0.15) is 26.7 Å².